The van der Waals surface area contributed by atoms with Gasteiger partial charge in [-0.15, -0.1) is 0 Å². The van der Waals surface area contributed by atoms with Crippen molar-refractivity contribution in [3.8, 4) is 0 Å². The van der Waals surface area contributed by atoms with Crippen molar-refractivity contribution in [2.45, 2.75) is 6.42 Å². The molecule has 0 unspecified atom stereocenters. The van der Waals surface area contributed by atoms with Gasteiger partial charge in [0.25, 0.3) is 0 Å². The average molecular weight is 215 g/mol. The standard InChI is InChI=1S/C10H12ClFN2/c1-14-4-2-3-13-9-6-8(12)7(11)5-10(9)14/h5-6,13H,2-4H2,1H3. The first-order valence-corrected chi connectivity index (χ1v) is 5.00. The highest BCUT2D eigenvalue weighted by Crippen LogP contribution is 2.32. The summed E-state index contributed by atoms with van der Waals surface area (Å²) in [6.07, 6.45) is 1.05. The fraction of sp³-hybridized carbons (Fsp3) is 0.400. The van der Waals surface area contributed by atoms with Gasteiger partial charge in [0.15, 0.2) is 0 Å². The van der Waals surface area contributed by atoms with Crippen molar-refractivity contribution in [2.75, 3.05) is 30.4 Å². The van der Waals surface area contributed by atoms with E-state index >= 15 is 0 Å². The summed E-state index contributed by atoms with van der Waals surface area (Å²) in [6, 6.07) is 3.13. The van der Waals surface area contributed by atoms with E-state index in [1.807, 2.05) is 7.05 Å². The van der Waals surface area contributed by atoms with Crippen LogP contribution >= 0.6 is 11.6 Å². The van der Waals surface area contributed by atoms with Crippen LogP contribution in [0.15, 0.2) is 12.1 Å². The third-order valence-corrected chi connectivity index (χ3v) is 2.73. The lowest BCUT2D eigenvalue weighted by Gasteiger charge is -2.19. The van der Waals surface area contributed by atoms with Crippen LogP contribution in [0.4, 0.5) is 15.8 Å². The SMILES string of the molecule is CN1CCCNc2cc(F)c(Cl)cc21. The lowest BCUT2D eigenvalue weighted by molar-refractivity contribution is 0.628. The molecule has 0 bridgehead atoms. The van der Waals surface area contributed by atoms with E-state index in [4.69, 9.17) is 11.6 Å². The number of anilines is 2. The van der Waals surface area contributed by atoms with Crippen molar-refractivity contribution >= 4 is 23.0 Å². The highest BCUT2D eigenvalue weighted by molar-refractivity contribution is 6.31. The van der Waals surface area contributed by atoms with Gasteiger partial charge in [0.2, 0.25) is 0 Å². The third kappa shape index (κ3) is 1.64. The fourth-order valence-corrected chi connectivity index (χ4v) is 1.81. The normalized spacial score (nSPS) is 15.8. The lowest BCUT2D eigenvalue weighted by atomic mass is 10.2. The zero-order valence-corrected chi connectivity index (χ0v) is 8.74. The summed E-state index contributed by atoms with van der Waals surface area (Å²) in [4.78, 5) is 2.08. The quantitative estimate of drug-likeness (QED) is 0.715. The van der Waals surface area contributed by atoms with Crippen LogP contribution in [0.1, 0.15) is 6.42 Å². The molecule has 76 valence electrons. The molecule has 0 spiro atoms. The molecule has 4 heteroatoms. The Bertz CT molecular complexity index is 354. The molecule has 14 heavy (non-hydrogen) atoms. The first-order chi connectivity index (χ1) is 6.68. The van der Waals surface area contributed by atoms with Gasteiger partial charge in [-0.3, -0.25) is 0 Å². The van der Waals surface area contributed by atoms with Crippen LogP contribution in [-0.2, 0) is 0 Å². The minimum Gasteiger partial charge on any atom is -0.383 e. The summed E-state index contributed by atoms with van der Waals surface area (Å²) in [7, 11) is 1.99. The van der Waals surface area contributed by atoms with Gasteiger partial charge in [-0.25, -0.2) is 4.39 Å². The smallest absolute Gasteiger partial charge is 0.143 e. The Balaban J connectivity index is 2.49. The van der Waals surface area contributed by atoms with Crippen molar-refractivity contribution in [3.05, 3.63) is 23.0 Å². The highest BCUT2D eigenvalue weighted by Gasteiger charge is 2.14. The molecule has 0 amide bonds. The van der Waals surface area contributed by atoms with E-state index in [-0.39, 0.29) is 10.8 Å². The summed E-state index contributed by atoms with van der Waals surface area (Å²) in [5.74, 6) is -0.367. The maximum atomic E-state index is 13.2. The van der Waals surface area contributed by atoms with Gasteiger partial charge in [-0.05, 0) is 12.5 Å². The minimum atomic E-state index is -0.367. The fourth-order valence-electron chi connectivity index (χ4n) is 1.65. The van der Waals surface area contributed by atoms with Crippen molar-refractivity contribution in [1.29, 1.82) is 0 Å². The van der Waals surface area contributed by atoms with Crippen LogP contribution in [0.2, 0.25) is 5.02 Å². The highest BCUT2D eigenvalue weighted by atomic mass is 35.5. The van der Waals surface area contributed by atoms with Crippen LogP contribution < -0.4 is 10.2 Å². The number of fused-ring (bicyclic) bond motifs is 1. The number of nitrogens with zero attached hydrogens (tertiary/aromatic N) is 1. The number of nitrogens with one attached hydrogen (secondary N) is 1. The molecular weight excluding hydrogens is 203 g/mol. The molecule has 0 aliphatic carbocycles. The first kappa shape index (κ1) is 9.59. The summed E-state index contributed by atoms with van der Waals surface area (Å²) in [6.45, 7) is 1.83. The second-order valence-electron chi connectivity index (χ2n) is 3.49. The van der Waals surface area contributed by atoms with E-state index < -0.39 is 0 Å². The van der Waals surface area contributed by atoms with Gasteiger partial charge in [-0.2, -0.15) is 0 Å². The molecule has 1 aromatic carbocycles. The molecule has 2 nitrogen and oxygen atoms in total. The summed E-state index contributed by atoms with van der Waals surface area (Å²) < 4.78 is 13.2. The van der Waals surface area contributed by atoms with E-state index in [0.29, 0.717) is 0 Å². The number of halogens is 2. The Labute approximate surface area is 87.7 Å². The van der Waals surface area contributed by atoms with Crippen LogP contribution in [0.25, 0.3) is 0 Å². The van der Waals surface area contributed by atoms with Gasteiger partial charge in [0, 0.05) is 26.2 Å². The molecule has 0 saturated carbocycles. The Kier molecular flexibility index (Phi) is 2.50. The van der Waals surface area contributed by atoms with E-state index in [1.54, 1.807) is 6.07 Å². The van der Waals surface area contributed by atoms with Crippen LogP contribution in [-0.4, -0.2) is 20.1 Å². The molecule has 0 fully saturated rings. The lowest BCUT2D eigenvalue weighted by Crippen LogP contribution is -2.17. The first-order valence-electron chi connectivity index (χ1n) is 4.62. The Hall–Kier alpha value is -0.960. The molecule has 2 rings (SSSR count). The Morgan fingerprint density at radius 2 is 2.29 bits per heavy atom. The van der Waals surface area contributed by atoms with Gasteiger partial charge >= 0.3 is 0 Å². The molecule has 1 N–H and O–H groups in total. The molecule has 1 aromatic rings. The third-order valence-electron chi connectivity index (χ3n) is 2.44. The summed E-state index contributed by atoms with van der Waals surface area (Å²) in [5.41, 5.74) is 1.79. The number of hydrogen-bond acceptors (Lipinski definition) is 2. The summed E-state index contributed by atoms with van der Waals surface area (Å²) >= 11 is 5.73. The van der Waals surface area contributed by atoms with E-state index in [9.17, 15) is 4.39 Å². The number of rotatable bonds is 0. The predicted molar refractivity (Wildman–Crippen MR) is 57.8 cm³/mol. The van der Waals surface area contributed by atoms with Crippen molar-refractivity contribution in [2.24, 2.45) is 0 Å². The van der Waals surface area contributed by atoms with Gasteiger partial charge in [0.1, 0.15) is 5.82 Å². The maximum absolute atomic E-state index is 13.2. The summed E-state index contributed by atoms with van der Waals surface area (Å²) in [5, 5.41) is 3.36. The van der Waals surface area contributed by atoms with Crippen molar-refractivity contribution in [1.82, 2.24) is 0 Å². The molecule has 1 aliphatic rings. The van der Waals surface area contributed by atoms with E-state index in [1.165, 1.54) is 6.07 Å². The maximum Gasteiger partial charge on any atom is 0.143 e. The zero-order valence-electron chi connectivity index (χ0n) is 7.98. The van der Waals surface area contributed by atoms with Crippen molar-refractivity contribution in [3.63, 3.8) is 0 Å². The van der Waals surface area contributed by atoms with E-state index in [0.717, 1.165) is 30.9 Å². The zero-order chi connectivity index (χ0) is 10.1. The van der Waals surface area contributed by atoms with Gasteiger partial charge < -0.3 is 10.2 Å². The monoisotopic (exact) mass is 214 g/mol. The Morgan fingerprint density at radius 1 is 1.50 bits per heavy atom. The molecule has 0 saturated heterocycles. The minimum absolute atomic E-state index is 0.180. The average Bonchev–Trinajstić information content (AvgIpc) is 2.31. The van der Waals surface area contributed by atoms with E-state index in [2.05, 4.69) is 10.2 Å². The topological polar surface area (TPSA) is 15.3 Å². The second-order valence-corrected chi connectivity index (χ2v) is 3.89. The second kappa shape index (κ2) is 3.65. The van der Waals surface area contributed by atoms with Crippen LogP contribution in [0.3, 0.4) is 0 Å². The largest absolute Gasteiger partial charge is 0.383 e. The predicted octanol–water partition coefficient (Wildman–Crippen LogP) is 2.73. The van der Waals surface area contributed by atoms with Crippen LogP contribution in [0, 0.1) is 5.82 Å². The molecule has 1 aliphatic heterocycles. The van der Waals surface area contributed by atoms with Crippen molar-refractivity contribution < 1.29 is 4.39 Å². The Morgan fingerprint density at radius 3 is 3.07 bits per heavy atom. The molecule has 0 atom stereocenters. The number of hydrogen-bond donors (Lipinski definition) is 1. The molecular formula is C10H12ClFN2. The van der Waals surface area contributed by atoms with Crippen LogP contribution in [0.5, 0.6) is 0 Å². The molecule has 0 radical (unpaired) electrons. The molecule has 0 aromatic heterocycles. The van der Waals surface area contributed by atoms with Gasteiger partial charge in [-0.1, -0.05) is 11.6 Å². The van der Waals surface area contributed by atoms with Gasteiger partial charge in [0.05, 0.1) is 16.4 Å². The molecule has 1 heterocycles. The number of benzene rings is 1.